The summed E-state index contributed by atoms with van der Waals surface area (Å²) >= 11 is 0. The Morgan fingerprint density at radius 3 is 2.74 bits per heavy atom. The van der Waals surface area contributed by atoms with Crippen molar-refractivity contribution in [2.45, 2.75) is 50.9 Å². The molecule has 206 valence electrons. The highest BCUT2D eigenvalue weighted by molar-refractivity contribution is 7.52. The minimum Gasteiger partial charge on any atom is -0.465 e. The lowest BCUT2D eigenvalue weighted by molar-refractivity contribution is -0.144. The van der Waals surface area contributed by atoms with Gasteiger partial charge in [-0.25, -0.2) is 23.9 Å². The highest BCUT2D eigenvalue weighted by Gasteiger charge is 2.56. The second kappa shape index (κ2) is 11.3. The first-order valence-electron chi connectivity index (χ1n) is 11.9. The topological polar surface area (TPSA) is 159 Å². The first-order valence-corrected chi connectivity index (χ1v) is 13.4. The number of imidazole rings is 1. The number of alkyl halides is 1. The summed E-state index contributed by atoms with van der Waals surface area (Å²) in [5.74, 6) is -0.0321. The molecule has 15 heteroatoms. The van der Waals surface area contributed by atoms with Crippen LogP contribution in [0.15, 0.2) is 43.0 Å². The maximum Gasteiger partial charge on any atom is 0.459 e. The Morgan fingerprint density at radius 1 is 1.32 bits per heavy atom. The van der Waals surface area contributed by atoms with Crippen LogP contribution < -0.4 is 14.9 Å². The number of anilines is 1. The van der Waals surface area contributed by atoms with Crippen molar-refractivity contribution in [1.82, 2.24) is 24.6 Å². The molecule has 6 atom stereocenters. The number of ether oxygens (including phenoxy) is 2. The van der Waals surface area contributed by atoms with E-state index in [1.165, 1.54) is 31.1 Å². The quantitative estimate of drug-likeness (QED) is 0.236. The summed E-state index contributed by atoms with van der Waals surface area (Å²) in [4.78, 5) is 24.6. The number of aliphatic hydroxyl groups is 1. The number of benzene rings is 1. The summed E-state index contributed by atoms with van der Waals surface area (Å²) in [6, 6.07) is 7.10. The van der Waals surface area contributed by atoms with E-state index in [1.807, 2.05) is 0 Å². The molecule has 2 aromatic heterocycles. The first kappa shape index (κ1) is 27.9. The molecule has 3 N–H and O–H groups in total. The first-order chi connectivity index (χ1) is 18.1. The van der Waals surface area contributed by atoms with Gasteiger partial charge in [-0.3, -0.25) is 13.9 Å². The van der Waals surface area contributed by atoms with Crippen molar-refractivity contribution >= 4 is 30.7 Å². The zero-order valence-corrected chi connectivity index (χ0v) is 22.2. The van der Waals surface area contributed by atoms with Crippen molar-refractivity contribution in [1.29, 1.82) is 0 Å². The number of hydrogen-bond donors (Lipinski definition) is 3. The van der Waals surface area contributed by atoms with Crippen LogP contribution in [0, 0.1) is 0 Å². The van der Waals surface area contributed by atoms with Gasteiger partial charge in [-0.15, -0.1) is 0 Å². The number of halogens is 1. The summed E-state index contributed by atoms with van der Waals surface area (Å²) in [6.45, 7) is 3.84. The number of para-hydroxylation sites is 1. The zero-order valence-electron chi connectivity index (χ0n) is 21.3. The van der Waals surface area contributed by atoms with E-state index in [2.05, 4.69) is 25.4 Å². The van der Waals surface area contributed by atoms with Crippen molar-refractivity contribution < 1.29 is 37.4 Å². The van der Waals surface area contributed by atoms with Crippen LogP contribution >= 0.6 is 7.75 Å². The van der Waals surface area contributed by atoms with Gasteiger partial charge in [0.15, 0.2) is 23.4 Å². The van der Waals surface area contributed by atoms with Gasteiger partial charge in [0.1, 0.15) is 35.8 Å². The number of nitrogens with one attached hydrogen (secondary N) is 2. The van der Waals surface area contributed by atoms with Crippen molar-refractivity contribution in [2.24, 2.45) is 0 Å². The molecule has 0 unspecified atom stereocenters. The van der Waals surface area contributed by atoms with Crippen molar-refractivity contribution in [3.05, 3.63) is 43.0 Å². The van der Waals surface area contributed by atoms with Gasteiger partial charge in [-0.1, -0.05) is 18.2 Å². The fourth-order valence-electron chi connectivity index (χ4n) is 4.00. The van der Waals surface area contributed by atoms with Gasteiger partial charge >= 0.3 is 13.7 Å². The van der Waals surface area contributed by atoms with Gasteiger partial charge in [0, 0.05) is 7.05 Å². The summed E-state index contributed by atoms with van der Waals surface area (Å²) in [5, 5.41) is 16.2. The Morgan fingerprint density at radius 2 is 2.05 bits per heavy atom. The number of rotatable bonds is 11. The van der Waals surface area contributed by atoms with E-state index < -0.39 is 50.5 Å². The molecule has 1 aliphatic rings. The van der Waals surface area contributed by atoms with Gasteiger partial charge < -0.3 is 24.4 Å². The van der Waals surface area contributed by atoms with Crippen molar-refractivity contribution in [3.8, 4) is 5.75 Å². The number of esters is 1. The fraction of sp³-hybridized carbons (Fsp3) is 0.478. The third kappa shape index (κ3) is 5.64. The average Bonchev–Trinajstić information content (AvgIpc) is 3.41. The van der Waals surface area contributed by atoms with Gasteiger partial charge in [0.25, 0.3) is 0 Å². The van der Waals surface area contributed by atoms with Crippen LogP contribution in [0.5, 0.6) is 5.75 Å². The second-order valence-corrected chi connectivity index (χ2v) is 10.4. The van der Waals surface area contributed by atoms with E-state index in [0.29, 0.717) is 11.3 Å². The van der Waals surface area contributed by atoms with Crippen LogP contribution in [0.4, 0.5) is 10.2 Å². The largest absolute Gasteiger partial charge is 0.465 e. The monoisotopic (exact) mass is 552 g/mol. The molecule has 0 aliphatic carbocycles. The Labute approximate surface area is 218 Å². The Balaban J connectivity index is 1.55. The Bertz CT molecular complexity index is 1310. The minimum absolute atomic E-state index is 0.123. The molecule has 4 rings (SSSR count). The lowest BCUT2D eigenvalue weighted by Crippen LogP contribution is -2.41. The van der Waals surface area contributed by atoms with Crippen molar-refractivity contribution in [2.75, 3.05) is 25.6 Å². The number of aromatic nitrogens is 4. The van der Waals surface area contributed by atoms with Crippen LogP contribution in [0.25, 0.3) is 11.2 Å². The Kier molecular flexibility index (Phi) is 8.28. The number of nitrogens with zero attached hydrogens (tertiary/aromatic N) is 4. The minimum atomic E-state index is -4.24. The van der Waals surface area contributed by atoms with Crippen LogP contribution in [-0.4, -0.2) is 74.8 Å². The maximum atomic E-state index is 15.8. The molecular weight excluding hydrogens is 522 g/mol. The summed E-state index contributed by atoms with van der Waals surface area (Å²) < 4.78 is 52.8. The smallest absolute Gasteiger partial charge is 0.459 e. The molecular formula is C23H30FN6O7P. The van der Waals surface area contributed by atoms with E-state index >= 15 is 4.39 Å². The molecule has 1 saturated heterocycles. The second-order valence-electron chi connectivity index (χ2n) is 8.72. The highest BCUT2D eigenvalue weighted by atomic mass is 31.2. The lowest BCUT2D eigenvalue weighted by Gasteiger charge is -2.25. The molecule has 0 bridgehead atoms. The normalized spacial score (nSPS) is 25.6. The number of hydrogen-bond acceptors (Lipinski definition) is 11. The molecule has 3 aromatic rings. The lowest BCUT2D eigenvalue weighted by atomic mass is 9.98. The van der Waals surface area contributed by atoms with Crippen LogP contribution in [-0.2, 0) is 23.4 Å². The number of carbonyl (C=O) groups excluding carboxylic acids is 1. The van der Waals surface area contributed by atoms with E-state index in [1.54, 1.807) is 44.3 Å². The molecule has 0 spiro atoms. The maximum absolute atomic E-state index is 15.8. The third-order valence-corrected chi connectivity index (χ3v) is 7.58. The third-order valence-electron chi connectivity index (χ3n) is 5.93. The molecule has 3 heterocycles. The van der Waals surface area contributed by atoms with Gasteiger partial charge in [0.05, 0.1) is 19.5 Å². The van der Waals surface area contributed by atoms with E-state index in [4.69, 9.17) is 18.5 Å². The van der Waals surface area contributed by atoms with Crippen LogP contribution in [0.2, 0.25) is 0 Å². The summed E-state index contributed by atoms with van der Waals surface area (Å²) in [6.07, 6.45) is -1.64. The standard InChI is InChI=1S/C23H30FN6O7P/c1-5-34-21(32)14(2)29-38(33,37-15-9-7-6-8-10-15)35-11-16-18(31)23(3,24)22(36-16)30-13-28-17-19(25-4)26-12-27-20(17)30/h6-10,12-14,16,18,22,31H,5,11H2,1-4H3,(H,29,33)(H,25,26,27)/t14-,16-,18-,22-,23-,38-/m1/s1. The summed E-state index contributed by atoms with van der Waals surface area (Å²) in [5.41, 5.74) is -1.63. The predicted octanol–water partition coefficient (Wildman–Crippen LogP) is 2.60. The molecule has 0 saturated carbocycles. The van der Waals surface area contributed by atoms with E-state index in [9.17, 15) is 14.5 Å². The zero-order chi connectivity index (χ0) is 27.5. The Hall–Kier alpha value is -3.16. The van der Waals surface area contributed by atoms with Crippen LogP contribution in [0.3, 0.4) is 0 Å². The SMILES string of the molecule is CCOC(=O)[C@@H](C)N[P@@](=O)(OC[C@H]1O[C@@H](n2cnc3c(NC)ncnc32)[C@](C)(F)[C@@H]1O)Oc1ccccc1. The predicted molar refractivity (Wildman–Crippen MR) is 134 cm³/mol. The molecule has 0 amide bonds. The van der Waals surface area contributed by atoms with Crippen LogP contribution in [0.1, 0.15) is 27.0 Å². The fourth-order valence-corrected chi connectivity index (χ4v) is 5.50. The highest BCUT2D eigenvalue weighted by Crippen LogP contribution is 2.48. The van der Waals surface area contributed by atoms with E-state index in [-0.39, 0.29) is 18.0 Å². The van der Waals surface area contributed by atoms with Gasteiger partial charge in [-0.05, 0) is 32.9 Å². The van der Waals surface area contributed by atoms with E-state index in [0.717, 1.165) is 0 Å². The number of aliphatic hydroxyl groups excluding tert-OH is 1. The van der Waals surface area contributed by atoms with Gasteiger partial charge in [-0.2, -0.15) is 5.09 Å². The summed E-state index contributed by atoms with van der Waals surface area (Å²) in [7, 11) is -2.58. The molecule has 1 aromatic carbocycles. The molecule has 38 heavy (non-hydrogen) atoms. The average molecular weight is 553 g/mol. The number of fused-ring (bicyclic) bond motifs is 1. The number of carbonyl (C=O) groups is 1. The molecule has 1 aliphatic heterocycles. The van der Waals surface area contributed by atoms with Crippen molar-refractivity contribution in [3.63, 3.8) is 0 Å². The van der Waals surface area contributed by atoms with Gasteiger partial charge in [0.2, 0.25) is 0 Å². The molecule has 0 radical (unpaired) electrons. The molecule has 13 nitrogen and oxygen atoms in total. The molecule has 1 fully saturated rings.